The molecule has 0 bridgehead atoms. The van der Waals surface area contributed by atoms with Gasteiger partial charge >= 0.3 is 6.18 Å². The SMILES string of the molecule is FC(F)(F)c1ccc(Nc2nc3nccc(-c4cccnc4)n3n2)cc1. The Morgan fingerprint density at radius 2 is 1.77 bits per heavy atom. The van der Waals surface area contributed by atoms with Crippen molar-refractivity contribution in [2.24, 2.45) is 0 Å². The molecule has 1 aromatic carbocycles. The Bertz CT molecular complexity index is 1040. The molecule has 0 aliphatic carbocycles. The Labute approximate surface area is 145 Å². The van der Waals surface area contributed by atoms with Crippen LogP contribution >= 0.6 is 0 Å². The van der Waals surface area contributed by atoms with Crippen molar-refractivity contribution in [3.05, 3.63) is 66.6 Å². The van der Waals surface area contributed by atoms with Crippen LogP contribution in [-0.4, -0.2) is 24.6 Å². The van der Waals surface area contributed by atoms with E-state index in [9.17, 15) is 13.2 Å². The molecule has 0 radical (unpaired) electrons. The first kappa shape index (κ1) is 16.0. The summed E-state index contributed by atoms with van der Waals surface area (Å²) < 4.78 is 39.4. The summed E-state index contributed by atoms with van der Waals surface area (Å²) >= 11 is 0. The van der Waals surface area contributed by atoms with Crippen molar-refractivity contribution in [3.63, 3.8) is 0 Å². The molecule has 4 aromatic rings. The number of hydrogen-bond donors (Lipinski definition) is 1. The molecular formula is C17H11F3N6. The number of fused-ring (bicyclic) bond motifs is 1. The van der Waals surface area contributed by atoms with Crippen LogP contribution in [0.15, 0.2) is 61.1 Å². The molecule has 1 N–H and O–H groups in total. The van der Waals surface area contributed by atoms with E-state index in [1.54, 1.807) is 35.2 Å². The van der Waals surface area contributed by atoms with Gasteiger partial charge < -0.3 is 5.32 Å². The molecule has 0 atom stereocenters. The first-order valence-corrected chi connectivity index (χ1v) is 7.57. The molecule has 26 heavy (non-hydrogen) atoms. The van der Waals surface area contributed by atoms with E-state index in [2.05, 4.69) is 25.4 Å². The van der Waals surface area contributed by atoms with Gasteiger partial charge in [0.05, 0.1) is 11.3 Å². The van der Waals surface area contributed by atoms with E-state index < -0.39 is 11.7 Å². The summed E-state index contributed by atoms with van der Waals surface area (Å²) in [5.41, 5.74) is 1.31. The second-order valence-electron chi connectivity index (χ2n) is 5.42. The van der Waals surface area contributed by atoms with E-state index in [-0.39, 0.29) is 5.95 Å². The third-order valence-corrected chi connectivity index (χ3v) is 3.67. The van der Waals surface area contributed by atoms with E-state index in [0.29, 0.717) is 11.5 Å². The fourth-order valence-corrected chi connectivity index (χ4v) is 2.45. The Balaban J connectivity index is 1.66. The number of benzene rings is 1. The molecule has 0 spiro atoms. The predicted molar refractivity (Wildman–Crippen MR) is 88.7 cm³/mol. The lowest BCUT2D eigenvalue weighted by Crippen LogP contribution is -2.04. The van der Waals surface area contributed by atoms with E-state index in [1.165, 1.54) is 12.1 Å². The van der Waals surface area contributed by atoms with Crippen molar-refractivity contribution >= 4 is 17.4 Å². The lowest BCUT2D eigenvalue weighted by molar-refractivity contribution is -0.137. The molecular weight excluding hydrogens is 345 g/mol. The number of anilines is 2. The van der Waals surface area contributed by atoms with Crippen LogP contribution in [0.2, 0.25) is 0 Å². The minimum atomic E-state index is -4.37. The van der Waals surface area contributed by atoms with Crippen LogP contribution in [0.25, 0.3) is 17.0 Å². The highest BCUT2D eigenvalue weighted by Crippen LogP contribution is 2.30. The standard InChI is InChI=1S/C17H11F3N6/c18-17(19,20)12-3-5-13(6-4-12)23-15-24-16-22-9-7-14(26(16)25-15)11-2-1-8-21-10-11/h1-10H,(H,23,25). The van der Waals surface area contributed by atoms with Gasteiger partial charge in [0.25, 0.3) is 5.78 Å². The van der Waals surface area contributed by atoms with Gasteiger partial charge in [-0.1, -0.05) is 0 Å². The maximum atomic E-state index is 12.6. The van der Waals surface area contributed by atoms with Gasteiger partial charge in [0.1, 0.15) is 0 Å². The number of aromatic nitrogens is 5. The van der Waals surface area contributed by atoms with Crippen LogP contribution < -0.4 is 5.32 Å². The van der Waals surface area contributed by atoms with Gasteiger partial charge in [-0.05, 0) is 42.5 Å². The van der Waals surface area contributed by atoms with Crippen molar-refractivity contribution in [1.29, 1.82) is 0 Å². The maximum absolute atomic E-state index is 12.6. The largest absolute Gasteiger partial charge is 0.416 e. The zero-order valence-electron chi connectivity index (χ0n) is 13.1. The Hall–Kier alpha value is -3.49. The molecule has 130 valence electrons. The predicted octanol–water partition coefficient (Wildman–Crippen LogP) is 3.95. The molecule has 0 aliphatic heterocycles. The fourth-order valence-electron chi connectivity index (χ4n) is 2.45. The highest BCUT2D eigenvalue weighted by Gasteiger charge is 2.29. The van der Waals surface area contributed by atoms with Gasteiger partial charge in [0, 0.05) is 29.8 Å². The summed E-state index contributed by atoms with van der Waals surface area (Å²) in [5.74, 6) is 0.592. The van der Waals surface area contributed by atoms with E-state index in [4.69, 9.17) is 0 Å². The molecule has 0 amide bonds. The molecule has 0 aliphatic rings. The molecule has 6 nitrogen and oxygen atoms in total. The van der Waals surface area contributed by atoms with E-state index >= 15 is 0 Å². The molecule has 9 heteroatoms. The first-order chi connectivity index (χ1) is 12.5. The second-order valence-corrected chi connectivity index (χ2v) is 5.42. The molecule has 4 rings (SSSR count). The van der Waals surface area contributed by atoms with Crippen molar-refractivity contribution in [3.8, 4) is 11.3 Å². The van der Waals surface area contributed by atoms with Gasteiger partial charge in [-0.3, -0.25) is 4.98 Å². The molecule has 3 heterocycles. The third kappa shape index (κ3) is 3.06. The van der Waals surface area contributed by atoms with E-state index in [1.807, 2.05) is 6.07 Å². The average Bonchev–Trinajstić information content (AvgIpc) is 3.04. The monoisotopic (exact) mass is 356 g/mol. The van der Waals surface area contributed by atoms with Crippen LogP contribution in [-0.2, 0) is 6.18 Å². The quantitative estimate of drug-likeness (QED) is 0.602. The van der Waals surface area contributed by atoms with Crippen molar-refractivity contribution in [2.75, 3.05) is 5.32 Å². The van der Waals surface area contributed by atoms with Gasteiger partial charge in [-0.15, -0.1) is 5.10 Å². The topological polar surface area (TPSA) is 68.0 Å². The summed E-state index contributed by atoms with van der Waals surface area (Å²) in [6.45, 7) is 0. The van der Waals surface area contributed by atoms with Gasteiger partial charge in [-0.2, -0.15) is 22.7 Å². The number of hydrogen-bond acceptors (Lipinski definition) is 5. The molecule has 3 aromatic heterocycles. The second kappa shape index (κ2) is 6.10. The third-order valence-electron chi connectivity index (χ3n) is 3.67. The fraction of sp³-hybridized carbons (Fsp3) is 0.0588. The van der Waals surface area contributed by atoms with Crippen LogP contribution in [0.5, 0.6) is 0 Å². The number of nitrogens with one attached hydrogen (secondary N) is 1. The number of pyridine rings is 1. The van der Waals surface area contributed by atoms with Gasteiger partial charge in [0.2, 0.25) is 5.95 Å². The number of nitrogens with zero attached hydrogens (tertiary/aromatic N) is 5. The van der Waals surface area contributed by atoms with Crippen LogP contribution in [0.3, 0.4) is 0 Å². The number of halogens is 3. The zero-order valence-corrected chi connectivity index (χ0v) is 13.1. The minimum Gasteiger partial charge on any atom is -0.323 e. The maximum Gasteiger partial charge on any atom is 0.416 e. The van der Waals surface area contributed by atoms with Gasteiger partial charge in [-0.25, -0.2) is 4.98 Å². The van der Waals surface area contributed by atoms with Crippen LogP contribution in [0, 0.1) is 0 Å². The van der Waals surface area contributed by atoms with Gasteiger partial charge in [0.15, 0.2) is 0 Å². The van der Waals surface area contributed by atoms with Crippen LogP contribution in [0.4, 0.5) is 24.8 Å². The normalized spacial score (nSPS) is 11.7. The molecule has 0 saturated heterocycles. The Kier molecular flexibility index (Phi) is 3.76. The summed E-state index contributed by atoms with van der Waals surface area (Å²) in [5, 5.41) is 7.22. The van der Waals surface area contributed by atoms with Crippen molar-refractivity contribution < 1.29 is 13.2 Å². The zero-order chi connectivity index (χ0) is 18.1. The highest BCUT2D eigenvalue weighted by atomic mass is 19.4. The lowest BCUT2D eigenvalue weighted by atomic mass is 10.2. The summed E-state index contributed by atoms with van der Waals surface area (Å²) in [6.07, 6.45) is 0.594. The summed E-state index contributed by atoms with van der Waals surface area (Å²) in [6, 6.07) is 10.1. The minimum absolute atomic E-state index is 0.230. The molecule has 0 fully saturated rings. The van der Waals surface area contributed by atoms with E-state index in [0.717, 1.165) is 23.4 Å². The average molecular weight is 356 g/mol. The Morgan fingerprint density at radius 1 is 0.962 bits per heavy atom. The molecule has 0 unspecified atom stereocenters. The summed E-state index contributed by atoms with van der Waals surface area (Å²) in [4.78, 5) is 12.5. The number of alkyl halides is 3. The van der Waals surface area contributed by atoms with Crippen molar-refractivity contribution in [2.45, 2.75) is 6.18 Å². The lowest BCUT2D eigenvalue weighted by Gasteiger charge is -2.07. The molecule has 0 saturated carbocycles. The smallest absolute Gasteiger partial charge is 0.323 e. The first-order valence-electron chi connectivity index (χ1n) is 7.57. The van der Waals surface area contributed by atoms with Crippen molar-refractivity contribution in [1.82, 2.24) is 24.6 Å². The highest BCUT2D eigenvalue weighted by molar-refractivity contribution is 5.62. The van der Waals surface area contributed by atoms with Crippen LogP contribution in [0.1, 0.15) is 5.56 Å². The summed E-state index contributed by atoms with van der Waals surface area (Å²) in [7, 11) is 0. The number of rotatable bonds is 3. The Morgan fingerprint density at radius 3 is 2.46 bits per heavy atom.